The summed E-state index contributed by atoms with van der Waals surface area (Å²) in [6.45, 7) is 2.14. The van der Waals surface area contributed by atoms with Crippen molar-refractivity contribution in [2.75, 3.05) is 13.1 Å². The standard InChI is InChI=1S/C15H21FN2O2S/c1-11-6-7-14(8-12-4-2-3-5-15(11)12)17-21(19,20)18-9-13(16)10-18/h2-5,11,13-14,17H,6-10H2,1H3. The largest absolute Gasteiger partial charge is 0.279 e. The molecule has 21 heavy (non-hydrogen) atoms. The van der Waals surface area contributed by atoms with Crippen molar-refractivity contribution in [2.45, 2.75) is 44.3 Å². The summed E-state index contributed by atoms with van der Waals surface area (Å²) in [5.41, 5.74) is 2.52. The summed E-state index contributed by atoms with van der Waals surface area (Å²) in [7, 11) is -3.55. The molecule has 1 saturated heterocycles. The number of alkyl halides is 1. The van der Waals surface area contributed by atoms with Gasteiger partial charge in [0.05, 0.1) is 0 Å². The first-order valence-electron chi connectivity index (χ1n) is 7.45. The lowest BCUT2D eigenvalue weighted by atomic mass is 9.95. The SMILES string of the molecule is CC1CCC(NS(=O)(=O)N2CC(F)C2)Cc2ccccc21. The van der Waals surface area contributed by atoms with Crippen LogP contribution in [0.2, 0.25) is 0 Å². The van der Waals surface area contributed by atoms with E-state index >= 15 is 0 Å². The lowest BCUT2D eigenvalue weighted by Crippen LogP contribution is -2.57. The van der Waals surface area contributed by atoms with Crippen molar-refractivity contribution in [1.29, 1.82) is 0 Å². The maximum atomic E-state index is 12.9. The van der Waals surface area contributed by atoms with Crippen molar-refractivity contribution in [2.24, 2.45) is 0 Å². The average molecular weight is 312 g/mol. The first-order chi connectivity index (χ1) is 9.95. The minimum absolute atomic E-state index is 0.0188. The van der Waals surface area contributed by atoms with Crippen LogP contribution in [0.5, 0.6) is 0 Å². The second kappa shape index (κ2) is 5.66. The molecule has 3 rings (SSSR count). The van der Waals surface area contributed by atoms with Gasteiger partial charge >= 0.3 is 0 Å². The Morgan fingerprint density at radius 2 is 1.95 bits per heavy atom. The van der Waals surface area contributed by atoms with Gasteiger partial charge in [-0.2, -0.15) is 17.4 Å². The van der Waals surface area contributed by atoms with E-state index in [0.717, 1.165) is 12.8 Å². The Morgan fingerprint density at radius 1 is 1.24 bits per heavy atom. The highest BCUT2D eigenvalue weighted by atomic mass is 32.2. The topological polar surface area (TPSA) is 49.4 Å². The molecule has 2 unspecified atom stereocenters. The molecule has 0 bridgehead atoms. The van der Waals surface area contributed by atoms with Crippen LogP contribution in [0.3, 0.4) is 0 Å². The van der Waals surface area contributed by atoms with Crippen LogP contribution in [0.4, 0.5) is 4.39 Å². The summed E-state index contributed by atoms with van der Waals surface area (Å²) < 4.78 is 41.1. The quantitative estimate of drug-likeness (QED) is 0.868. The maximum Gasteiger partial charge on any atom is 0.279 e. The van der Waals surface area contributed by atoms with Crippen LogP contribution in [0, 0.1) is 0 Å². The van der Waals surface area contributed by atoms with E-state index < -0.39 is 16.4 Å². The third-order valence-electron chi connectivity index (χ3n) is 4.46. The molecular weight excluding hydrogens is 291 g/mol. The second-order valence-corrected chi connectivity index (χ2v) is 7.82. The number of rotatable bonds is 3. The summed E-state index contributed by atoms with van der Waals surface area (Å²) >= 11 is 0. The number of hydrogen-bond acceptors (Lipinski definition) is 2. The Balaban J connectivity index is 1.73. The van der Waals surface area contributed by atoms with Crippen molar-refractivity contribution in [3.05, 3.63) is 35.4 Å². The zero-order chi connectivity index (χ0) is 15.0. The molecule has 6 heteroatoms. The van der Waals surface area contributed by atoms with Gasteiger partial charge < -0.3 is 0 Å². The molecule has 1 heterocycles. The van der Waals surface area contributed by atoms with Gasteiger partial charge in [0.15, 0.2) is 0 Å². The molecule has 0 radical (unpaired) electrons. The smallest absolute Gasteiger partial charge is 0.245 e. The fourth-order valence-corrected chi connectivity index (χ4v) is 4.63. The molecule has 1 N–H and O–H groups in total. The lowest BCUT2D eigenvalue weighted by Gasteiger charge is -2.34. The molecular formula is C15H21FN2O2S. The Morgan fingerprint density at radius 3 is 2.67 bits per heavy atom. The second-order valence-electron chi connectivity index (χ2n) is 6.12. The fourth-order valence-electron chi connectivity index (χ4n) is 3.15. The van der Waals surface area contributed by atoms with Gasteiger partial charge in [-0.3, -0.25) is 0 Å². The number of benzene rings is 1. The van der Waals surface area contributed by atoms with Crippen molar-refractivity contribution in [1.82, 2.24) is 9.03 Å². The maximum absolute atomic E-state index is 12.9. The number of hydrogen-bond donors (Lipinski definition) is 1. The third-order valence-corrected chi connectivity index (χ3v) is 6.07. The van der Waals surface area contributed by atoms with E-state index in [0.29, 0.717) is 12.3 Å². The molecule has 1 aliphatic heterocycles. The highest BCUT2D eigenvalue weighted by Crippen LogP contribution is 2.30. The molecule has 0 amide bonds. The normalized spacial score (nSPS) is 27.7. The van der Waals surface area contributed by atoms with Crippen molar-refractivity contribution in [3.8, 4) is 0 Å². The molecule has 4 nitrogen and oxygen atoms in total. The van der Waals surface area contributed by atoms with E-state index in [-0.39, 0.29) is 19.1 Å². The predicted molar refractivity (Wildman–Crippen MR) is 80.1 cm³/mol. The summed E-state index contributed by atoms with van der Waals surface area (Å²) in [5, 5.41) is 0. The molecule has 1 aliphatic carbocycles. The Bertz CT molecular complexity index is 614. The minimum Gasteiger partial charge on any atom is -0.245 e. The molecule has 1 fully saturated rings. The van der Waals surface area contributed by atoms with Gasteiger partial charge in [-0.05, 0) is 36.3 Å². The lowest BCUT2D eigenvalue weighted by molar-refractivity contribution is 0.139. The summed E-state index contributed by atoms with van der Waals surface area (Å²) in [6, 6.07) is 8.10. The van der Waals surface area contributed by atoms with Crippen LogP contribution in [0.1, 0.15) is 36.8 Å². The first kappa shape index (κ1) is 14.9. The molecule has 116 valence electrons. The van der Waals surface area contributed by atoms with E-state index in [2.05, 4.69) is 23.8 Å². The highest BCUT2D eigenvalue weighted by Gasteiger charge is 2.37. The first-order valence-corrected chi connectivity index (χ1v) is 8.89. The van der Waals surface area contributed by atoms with Gasteiger partial charge in [-0.15, -0.1) is 0 Å². The van der Waals surface area contributed by atoms with Gasteiger partial charge in [0, 0.05) is 19.1 Å². The van der Waals surface area contributed by atoms with Gasteiger partial charge in [-0.1, -0.05) is 31.2 Å². The average Bonchev–Trinajstić information content (AvgIpc) is 2.55. The van der Waals surface area contributed by atoms with Gasteiger partial charge in [-0.25, -0.2) is 4.39 Å². The zero-order valence-corrected chi connectivity index (χ0v) is 12.9. The Kier molecular flexibility index (Phi) is 4.03. The van der Waals surface area contributed by atoms with Crippen LogP contribution >= 0.6 is 0 Å². The summed E-state index contributed by atoms with van der Waals surface area (Å²) in [6.07, 6.45) is 1.45. The van der Waals surface area contributed by atoms with Crippen LogP contribution in [0.15, 0.2) is 24.3 Å². The van der Waals surface area contributed by atoms with Gasteiger partial charge in [0.2, 0.25) is 0 Å². The molecule has 2 aliphatic rings. The summed E-state index contributed by atoms with van der Waals surface area (Å²) in [4.78, 5) is 0. The van der Waals surface area contributed by atoms with Crippen LogP contribution in [0.25, 0.3) is 0 Å². The van der Waals surface area contributed by atoms with E-state index in [4.69, 9.17) is 0 Å². The van der Waals surface area contributed by atoms with Crippen molar-refractivity contribution >= 4 is 10.2 Å². The molecule has 1 aromatic carbocycles. The predicted octanol–water partition coefficient (Wildman–Crippen LogP) is 1.98. The van der Waals surface area contributed by atoms with Crippen LogP contribution in [-0.4, -0.2) is 38.0 Å². The minimum atomic E-state index is -3.55. The number of nitrogens with zero attached hydrogens (tertiary/aromatic N) is 1. The van der Waals surface area contributed by atoms with Crippen LogP contribution < -0.4 is 4.72 Å². The van der Waals surface area contributed by atoms with Crippen molar-refractivity contribution < 1.29 is 12.8 Å². The van der Waals surface area contributed by atoms with Crippen molar-refractivity contribution in [3.63, 3.8) is 0 Å². The molecule has 0 spiro atoms. The molecule has 2 atom stereocenters. The fraction of sp³-hybridized carbons (Fsp3) is 0.600. The molecule has 0 aromatic heterocycles. The number of fused-ring (bicyclic) bond motifs is 1. The molecule has 1 aromatic rings. The van der Waals surface area contributed by atoms with E-state index in [9.17, 15) is 12.8 Å². The monoisotopic (exact) mass is 312 g/mol. The molecule has 0 saturated carbocycles. The zero-order valence-electron chi connectivity index (χ0n) is 12.1. The van der Waals surface area contributed by atoms with E-state index in [1.165, 1.54) is 15.4 Å². The van der Waals surface area contributed by atoms with Gasteiger partial charge in [0.25, 0.3) is 10.2 Å². The summed E-state index contributed by atoms with van der Waals surface area (Å²) in [5.74, 6) is 0.440. The number of halogens is 1. The van der Waals surface area contributed by atoms with E-state index in [1.54, 1.807) is 0 Å². The Labute approximate surface area is 125 Å². The third kappa shape index (κ3) is 3.12. The highest BCUT2D eigenvalue weighted by molar-refractivity contribution is 7.87. The van der Waals surface area contributed by atoms with E-state index in [1.807, 2.05) is 12.1 Å². The number of nitrogens with one attached hydrogen (secondary N) is 1. The Hall–Kier alpha value is -0.980. The van der Waals surface area contributed by atoms with Gasteiger partial charge in [0.1, 0.15) is 6.17 Å². The van der Waals surface area contributed by atoms with Crippen LogP contribution in [-0.2, 0) is 16.6 Å².